The Hall–Kier alpha value is -1.68. The molecule has 0 atom stereocenters. The Morgan fingerprint density at radius 1 is 1.37 bits per heavy atom. The number of hydrogen-bond donors (Lipinski definition) is 2. The first-order valence-electron chi connectivity index (χ1n) is 6.54. The lowest BCUT2D eigenvalue weighted by molar-refractivity contribution is 0.220. The maximum absolute atomic E-state index is 13.4. The number of benzene rings is 1. The van der Waals surface area contributed by atoms with E-state index in [1.54, 1.807) is 6.07 Å². The molecule has 2 N–H and O–H groups in total. The summed E-state index contributed by atoms with van der Waals surface area (Å²) in [6.45, 7) is 2.85. The molecule has 0 aliphatic heterocycles. The second-order valence-electron chi connectivity index (χ2n) is 5.48. The molecular formula is C15H17FN2O. The number of aryl methyl sites for hydroxylation is 1. The molecule has 0 unspecified atom stereocenters. The molecule has 3 rings (SSSR count). The SMILES string of the molecule is Cc1cc(NCC2(CO)CC2)c2cc(F)ccc2n1. The van der Waals surface area contributed by atoms with E-state index in [1.807, 2.05) is 13.0 Å². The molecule has 1 saturated carbocycles. The number of fused-ring (bicyclic) bond motifs is 1. The standard InChI is InChI=1S/C15H17FN2O/c1-10-6-14(17-8-15(9-19)4-5-15)12-7-11(16)2-3-13(12)18-10/h2-3,6-7,19H,4-5,8-9H2,1H3,(H,17,18). The fourth-order valence-electron chi connectivity index (χ4n) is 2.33. The highest BCUT2D eigenvalue weighted by Crippen LogP contribution is 2.45. The number of nitrogens with zero attached hydrogens (tertiary/aromatic N) is 1. The highest BCUT2D eigenvalue weighted by atomic mass is 19.1. The molecule has 100 valence electrons. The van der Waals surface area contributed by atoms with Gasteiger partial charge in [0.15, 0.2) is 0 Å². The van der Waals surface area contributed by atoms with E-state index in [0.29, 0.717) is 0 Å². The number of aliphatic hydroxyl groups is 1. The third-order valence-electron chi connectivity index (χ3n) is 3.85. The van der Waals surface area contributed by atoms with Crippen LogP contribution in [-0.4, -0.2) is 23.2 Å². The summed E-state index contributed by atoms with van der Waals surface area (Å²) in [5.41, 5.74) is 2.60. The molecule has 0 bridgehead atoms. The van der Waals surface area contributed by atoms with Gasteiger partial charge >= 0.3 is 0 Å². The Labute approximate surface area is 111 Å². The van der Waals surface area contributed by atoms with Crippen LogP contribution in [0.25, 0.3) is 10.9 Å². The molecule has 0 spiro atoms. The first-order chi connectivity index (χ1) is 9.12. The fraction of sp³-hybridized carbons (Fsp3) is 0.400. The molecular weight excluding hydrogens is 243 g/mol. The number of aliphatic hydroxyl groups excluding tert-OH is 1. The van der Waals surface area contributed by atoms with Crippen LogP contribution in [0.5, 0.6) is 0 Å². The molecule has 3 nitrogen and oxygen atoms in total. The maximum atomic E-state index is 13.4. The summed E-state index contributed by atoms with van der Waals surface area (Å²) >= 11 is 0. The van der Waals surface area contributed by atoms with Crippen molar-refractivity contribution in [1.82, 2.24) is 4.98 Å². The third-order valence-corrected chi connectivity index (χ3v) is 3.85. The van der Waals surface area contributed by atoms with Crippen LogP contribution >= 0.6 is 0 Å². The minimum absolute atomic E-state index is 0.0246. The average molecular weight is 260 g/mol. The van der Waals surface area contributed by atoms with Gasteiger partial charge in [-0.1, -0.05) is 0 Å². The molecule has 1 aliphatic carbocycles. The lowest BCUT2D eigenvalue weighted by Crippen LogP contribution is -2.19. The summed E-state index contributed by atoms with van der Waals surface area (Å²) in [7, 11) is 0. The summed E-state index contributed by atoms with van der Waals surface area (Å²) in [6, 6.07) is 6.55. The van der Waals surface area contributed by atoms with Crippen molar-refractivity contribution in [2.75, 3.05) is 18.5 Å². The molecule has 0 amide bonds. The van der Waals surface area contributed by atoms with Crippen molar-refractivity contribution in [3.05, 3.63) is 35.8 Å². The van der Waals surface area contributed by atoms with Gasteiger partial charge in [0, 0.05) is 28.7 Å². The largest absolute Gasteiger partial charge is 0.396 e. The summed E-state index contributed by atoms with van der Waals surface area (Å²) in [5, 5.41) is 13.5. The Kier molecular flexibility index (Phi) is 2.90. The van der Waals surface area contributed by atoms with Crippen molar-refractivity contribution in [2.24, 2.45) is 5.41 Å². The van der Waals surface area contributed by atoms with Crippen LogP contribution in [0.3, 0.4) is 0 Å². The quantitative estimate of drug-likeness (QED) is 0.888. The van der Waals surface area contributed by atoms with Gasteiger partial charge in [-0.05, 0) is 44.0 Å². The zero-order valence-corrected chi connectivity index (χ0v) is 10.9. The minimum Gasteiger partial charge on any atom is -0.396 e. The third kappa shape index (κ3) is 2.40. The van der Waals surface area contributed by atoms with E-state index < -0.39 is 0 Å². The predicted molar refractivity (Wildman–Crippen MR) is 73.7 cm³/mol. The Bertz CT molecular complexity index is 623. The van der Waals surface area contributed by atoms with Gasteiger partial charge in [0.1, 0.15) is 5.82 Å². The zero-order chi connectivity index (χ0) is 13.5. The molecule has 1 heterocycles. The maximum Gasteiger partial charge on any atom is 0.124 e. The molecule has 0 saturated heterocycles. The van der Waals surface area contributed by atoms with Crippen LogP contribution in [0, 0.1) is 18.2 Å². The Morgan fingerprint density at radius 3 is 2.84 bits per heavy atom. The van der Waals surface area contributed by atoms with Crippen molar-refractivity contribution in [3.63, 3.8) is 0 Å². The monoisotopic (exact) mass is 260 g/mol. The normalized spacial score (nSPS) is 16.6. The first kappa shape index (κ1) is 12.4. The van der Waals surface area contributed by atoms with E-state index in [9.17, 15) is 9.50 Å². The van der Waals surface area contributed by atoms with E-state index >= 15 is 0 Å². The van der Waals surface area contributed by atoms with Crippen LogP contribution in [0.4, 0.5) is 10.1 Å². The summed E-state index contributed by atoms with van der Waals surface area (Å²) in [4.78, 5) is 4.40. The van der Waals surface area contributed by atoms with Crippen molar-refractivity contribution >= 4 is 16.6 Å². The van der Waals surface area contributed by atoms with Crippen LogP contribution < -0.4 is 5.32 Å². The molecule has 2 aromatic rings. The minimum atomic E-state index is -0.260. The lowest BCUT2D eigenvalue weighted by atomic mass is 10.1. The van der Waals surface area contributed by atoms with Crippen LogP contribution in [-0.2, 0) is 0 Å². The number of anilines is 1. The highest BCUT2D eigenvalue weighted by molar-refractivity contribution is 5.91. The van der Waals surface area contributed by atoms with Crippen molar-refractivity contribution in [1.29, 1.82) is 0 Å². The van der Waals surface area contributed by atoms with E-state index in [4.69, 9.17) is 0 Å². The Morgan fingerprint density at radius 2 is 2.16 bits per heavy atom. The molecule has 1 fully saturated rings. The molecule has 1 aliphatic rings. The smallest absolute Gasteiger partial charge is 0.124 e. The lowest BCUT2D eigenvalue weighted by Gasteiger charge is -2.16. The number of hydrogen-bond acceptors (Lipinski definition) is 3. The molecule has 1 aromatic carbocycles. The number of nitrogens with one attached hydrogen (secondary N) is 1. The van der Waals surface area contributed by atoms with Crippen LogP contribution in [0.2, 0.25) is 0 Å². The number of aromatic nitrogens is 1. The molecule has 19 heavy (non-hydrogen) atoms. The van der Waals surface area contributed by atoms with Gasteiger partial charge in [-0.3, -0.25) is 4.98 Å². The second-order valence-corrected chi connectivity index (χ2v) is 5.48. The van der Waals surface area contributed by atoms with E-state index in [-0.39, 0.29) is 17.8 Å². The van der Waals surface area contributed by atoms with Gasteiger partial charge in [0.25, 0.3) is 0 Å². The topological polar surface area (TPSA) is 45.1 Å². The van der Waals surface area contributed by atoms with Crippen LogP contribution in [0.15, 0.2) is 24.3 Å². The summed E-state index contributed by atoms with van der Waals surface area (Å²) in [5.74, 6) is -0.260. The molecule has 0 radical (unpaired) electrons. The second kappa shape index (κ2) is 4.46. The fourth-order valence-corrected chi connectivity index (χ4v) is 2.33. The van der Waals surface area contributed by atoms with E-state index in [1.165, 1.54) is 12.1 Å². The van der Waals surface area contributed by atoms with Crippen LogP contribution in [0.1, 0.15) is 18.5 Å². The van der Waals surface area contributed by atoms with Gasteiger partial charge < -0.3 is 10.4 Å². The van der Waals surface area contributed by atoms with Gasteiger partial charge in [0.2, 0.25) is 0 Å². The number of halogens is 1. The average Bonchev–Trinajstić information content (AvgIpc) is 3.17. The predicted octanol–water partition coefficient (Wildman–Crippen LogP) is 2.87. The van der Waals surface area contributed by atoms with E-state index in [0.717, 1.165) is 41.7 Å². The van der Waals surface area contributed by atoms with Gasteiger partial charge in [-0.2, -0.15) is 0 Å². The first-order valence-corrected chi connectivity index (χ1v) is 6.54. The van der Waals surface area contributed by atoms with Crippen molar-refractivity contribution < 1.29 is 9.50 Å². The number of rotatable bonds is 4. The van der Waals surface area contributed by atoms with Gasteiger partial charge in [0.05, 0.1) is 12.1 Å². The van der Waals surface area contributed by atoms with Crippen molar-refractivity contribution in [3.8, 4) is 0 Å². The highest BCUT2D eigenvalue weighted by Gasteiger charge is 2.41. The molecule has 4 heteroatoms. The number of pyridine rings is 1. The summed E-state index contributed by atoms with van der Waals surface area (Å²) < 4.78 is 13.4. The van der Waals surface area contributed by atoms with E-state index in [2.05, 4.69) is 10.3 Å². The summed E-state index contributed by atoms with van der Waals surface area (Å²) in [6.07, 6.45) is 2.10. The van der Waals surface area contributed by atoms with Gasteiger partial charge in [-0.15, -0.1) is 0 Å². The zero-order valence-electron chi connectivity index (χ0n) is 10.9. The van der Waals surface area contributed by atoms with Gasteiger partial charge in [-0.25, -0.2) is 4.39 Å². The Balaban J connectivity index is 1.94. The van der Waals surface area contributed by atoms with Crippen molar-refractivity contribution in [2.45, 2.75) is 19.8 Å². The molecule has 1 aromatic heterocycles.